The first kappa shape index (κ1) is 13.7. The molecule has 0 radical (unpaired) electrons. The van der Waals surface area contributed by atoms with Crippen molar-refractivity contribution < 1.29 is 17.6 Å². The quantitative estimate of drug-likeness (QED) is 0.664. The monoisotopic (exact) mass is 296 g/mol. The van der Waals surface area contributed by atoms with E-state index in [1.807, 2.05) is 12.1 Å². The van der Waals surface area contributed by atoms with Gasteiger partial charge in [0.2, 0.25) is 0 Å². The van der Waals surface area contributed by atoms with Crippen LogP contribution in [0.4, 0.5) is 28.9 Å². The molecule has 0 aromatic heterocycles. The first-order valence-corrected chi connectivity index (χ1v) is 6.49. The second-order valence-corrected chi connectivity index (χ2v) is 4.82. The number of fused-ring (bicyclic) bond motifs is 1. The molecule has 0 spiro atoms. The third kappa shape index (κ3) is 2.41. The Morgan fingerprint density at radius 2 is 1.76 bits per heavy atom. The number of anilines is 2. The topological polar surface area (TPSA) is 24.1 Å². The molecule has 2 N–H and O–H groups in total. The lowest BCUT2D eigenvalue weighted by Crippen LogP contribution is -2.08. The maximum atomic E-state index is 13.6. The Balaban J connectivity index is 1.88. The Kier molecular flexibility index (Phi) is 3.45. The molecule has 0 atom stereocenters. The average Bonchev–Trinajstić information content (AvgIpc) is 2.94. The summed E-state index contributed by atoms with van der Waals surface area (Å²) in [6.45, 7) is 0.858. The number of para-hydroxylation sites is 1. The Hall–Kier alpha value is -2.24. The molecule has 110 valence electrons. The largest absolute Gasteiger partial charge is 0.384 e. The lowest BCUT2D eigenvalue weighted by atomic mass is 10.1. The van der Waals surface area contributed by atoms with Gasteiger partial charge in [0.1, 0.15) is 5.69 Å². The molecule has 1 aliphatic rings. The van der Waals surface area contributed by atoms with Crippen molar-refractivity contribution in [2.45, 2.75) is 13.0 Å². The maximum absolute atomic E-state index is 13.6. The van der Waals surface area contributed by atoms with Crippen LogP contribution in [-0.4, -0.2) is 6.54 Å². The minimum atomic E-state index is -1.42. The van der Waals surface area contributed by atoms with Crippen molar-refractivity contribution in [3.63, 3.8) is 0 Å². The summed E-state index contributed by atoms with van der Waals surface area (Å²) < 4.78 is 53.4. The number of benzene rings is 2. The molecule has 0 aliphatic carbocycles. The van der Waals surface area contributed by atoms with Gasteiger partial charge >= 0.3 is 0 Å². The Morgan fingerprint density at radius 3 is 2.48 bits per heavy atom. The van der Waals surface area contributed by atoms with E-state index in [0.29, 0.717) is 0 Å². The molecule has 0 unspecified atom stereocenters. The van der Waals surface area contributed by atoms with Crippen molar-refractivity contribution in [1.29, 1.82) is 0 Å². The highest BCUT2D eigenvalue weighted by atomic mass is 19.2. The Morgan fingerprint density at radius 1 is 1.05 bits per heavy atom. The molecule has 1 aliphatic heterocycles. The van der Waals surface area contributed by atoms with Crippen molar-refractivity contribution in [3.05, 3.63) is 58.7 Å². The van der Waals surface area contributed by atoms with E-state index in [4.69, 9.17) is 0 Å². The standard InChI is InChI=1S/C15H12F4N2/c16-10-6-11(17)13(19)15(12(10)18)21-7-9-3-1-2-8-4-5-20-14(8)9/h1-3,6,20-21H,4-5,7H2. The SMILES string of the molecule is Fc1cc(F)c(F)c(NCc2cccc3c2NCC3)c1F. The number of halogens is 4. The molecule has 3 rings (SSSR count). The van der Waals surface area contributed by atoms with Crippen molar-refractivity contribution >= 4 is 11.4 Å². The molecule has 0 saturated heterocycles. The van der Waals surface area contributed by atoms with Crippen LogP contribution in [0.5, 0.6) is 0 Å². The van der Waals surface area contributed by atoms with Crippen molar-refractivity contribution in [1.82, 2.24) is 0 Å². The van der Waals surface area contributed by atoms with Gasteiger partial charge in [-0.2, -0.15) is 0 Å². The van der Waals surface area contributed by atoms with Crippen molar-refractivity contribution in [2.24, 2.45) is 0 Å². The van der Waals surface area contributed by atoms with E-state index in [9.17, 15) is 17.6 Å². The molecular formula is C15H12F4N2. The molecule has 0 fully saturated rings. The fourth-order valence-electron chi connectivity index (χ4n) is 2.47. The van der Waals surface area contributed by atoms with Gasteiger partial charge in [0.15, 0.2) is 23.3 Å². The van der Waals surface area contributed by atoms with E-state index in [1.54, 1.807) is 6.07 Å². The third-order valence-corrected chi connectivity index (χ3v) is 3.50. The molecule has 0 saturated carbocycles. The van der Waals surface area contributed by atoms with E-state index in [1.165, 1.54) is 0 Å². The van der Waals surface area contributed by atoms with Crippen LogP contribution in [0.25, 0.3) is 0 Å². The van der Waals surface area contributed by atoms with Crippen LogP contribution >= 0.6 is 0 Å². The van der Waals surface area contributed by atoms with Gasteiger partial charge in [-0.1, -0.05) is 18.2 Å². The smallest absolute Gasteiger partial charge is 0.185 e. The van der Waals surface area contributed by atoms with Crippen LogP contribution in [0.15, 0.2) is 24.3 Å². The predicted octanol–water partition coefficient (Wildman–Crippen LogP) is 3.82. The van der Waals surface area contributed by atoms with Gasteiger partial charge in [0.05, 0.1) is 0 Å². The summed E-state index contributed by atoms with van der Waals surface area (Å²) in [5.74, 6) is -5.69. The van der Waals surface area contributed by atoms with Gasteiger partial charge < -0.3 is 10.6 Å². The Bertz CT molecular complexity index is 674. The summed E-state index contributed by atoms with van der Waals surface area (Å²) in [4.78, 5) is 0. The molecule has 2 aromatic carbocycles. The lowest BCUT2D eigenvalue weighted by molar-refractivity contribution is 0.458. The van der Waals surface area contributed by atoms with Gasteiger partial charge in [0.25, 0.3) is 0 Å². The normalized spacial score (nSPS) is 13.0. The second-order valence-electron chi connectivity index (χ2n) is 4.82. The van der Waals surface area contributed by atoms with Gasteiger partial charge in [0, 0.05) is 24.8 Å². The summed E-state index contributed by atoms with van der Waals surface area (Å²) >= 11 is 0. The van der Waals surface area contributed by atoms with Crippen LogP contribution in [0, 0.1) is 23.3 Å². The molecular weight excluding hydrogens is 284 g/mol. The lowest BCUT2D eigenvalue weighted by Gasteiger charge is -2.13. The van der Waals surface area contributed by atoms with Crippen molar-refractivity contribution in [3.8, 4) is 0 Å². The first-order valence-electron chi connectivity index (χ1n) is 6.49. The summed E-state index contributed by atoms with van der Waals surface area (Å²) in [7, 11) is 0. The highest BCUT2D eigenvalue weighted by molar-refractivity contribution is 5.62. The summed E-state index contributed by atoms with van der Waals surface area (Å²) in [5.41, 5.74) is 2.01. The van der Waals surface area contributed by atoms with Crippen LogP contribution < -0.4 is 10.6 Å². The van der Waals surface area contributed by atoms with E-state index in [-0.39, 0.29) is 12.6 Å². The number of rotatable bonds is 3. The first-order chi connectivity index (χ1) is 10.1. The number of hydrogen-bond acceptors (Lipinski definition) is 2. The molecule has 1 heterocycles. The van der Waals surface area contributed by atoms with Crippen LogP contribution in [0.2, 0.25) is 0 Å². The zero-order valence-corrected chi connectivity index (χ0v) is 10.9. The predicted molar refractivity (Wildman–Crippen MR) is 72.2 cm³/mol. The van der Waals surface area contributed by atoms with E-state index < -0.39 is 29.0 Å². The fraction of sp³-hybridized carbons (Fsp3) is 0.200. The molecule has 6 heteroatoms. The molecule has 21 heavy (non-hydrogen) atoms. The van der Waals surface area contributed by atoms with Crippen LogP contribution in [-0.2, 0) is 13.0 Å². The molecule has 0 amide bonds. The molecule has 2 aromatic rings. The van der Waals surface area contributed by atoms with Gasteiger partial charge in [-0.15, -0.1) is 0 Å². The number of nitrogens with one attached hydrogen (secondary N) is 2. The van der Waals surface area contributed by atoms with E-state index in [0.717, 1.165) is 29.8 Å². The summed E-state index contributed by atoms with van der Waals surface area (Å²) in [6, 6.07) is 5.77. The van der Waals surface area contributed by atoms with Gasteiger partial charge in [-0.05, 0) is 17.5 Å². The average molecular weight is 296 g/mol. The zero-order valence-electron chi connectivity index (χ0n) is 10.9. The minimum absolute atomic E-state index is 0.0624. The Labute approximate surface area is 118 Å². The van der Waals surface area contributed by atoms with Gasteiger partial charge in [-0.3, -0.25) is 0 Å². The van der Waals surface area contributed by atoms with Crippen LogP contribution in [0.3, 0.4) is 0 Å². The number of hydrogen-bond donors (Lipinski definition) is 2. The third-order valence-electron chi connectivity index (χ3n) is 3.50. The van der Waals surface area contributed by atoms with Crippen LogP contribution in [0.1, 0.15) is 11.1 Å². The molecule has 0 bridgehead atoms. The van der Waals surface area contributed by atoms with Gasteiger partial charge in [-0.25, -0.2) is 17.6 Å². The van der Waals surface area contributed by atoms with E-state index >= 15 is 0 Å². The highest BCUT2D eigenvalue weighted by Gasteiger charge is 2.20. The van der Waals surface area contributed by atoms with E-state index in [2.05, 4.69) is 10.6 Å². The summed E-state index contributed by atoms with van der Waals surface area (Å²) in [6.07, 6.45) is 0.875. The second kappa shape index (κ2) is 5.27. The van der Waals surface area contributed by atoms with Crippen molar-refractivity contribution in [2.75, 3.05) is 17.2 Å². The fourth-order valence-corrected chi connectivity index (χ4v) is 2.47. The maximum Gasteiger partial charge on any atom is 0.185 e. The summed E-state index contributed by atoms with van der Waals surface area (Å²) in [5, 5.41) is 5.62. The highest BCUT2D eigenvalue weighted by Crippen LogP contribution is 2.29. The minimum Gasteiger partial charge on any atom is -0.384 e. The zero-order chi connectivity index (χ0) is 15.0. The molecule has 2 nitrogen and oxygen atoms in total.